The molecule has 1 fully saturated rings. The Labute approximate surface area is 168 Å². The number of morpholine rings is 1. The number of aromatic amines is 1. The SMILES string of the molecule is Cc1nc(-c2ccc(N3CC(C)OC(c4ccc(F)cc4)C3)nc2)[nH]c(=O)c1C. The van der Waals surface area contributed by atoms with Crippen molar-refractivity contribution in [1.82, 2.24) is 15.0 Å². The van der Waals surface area contributed by atoms with E-state index in [4.69, 9.17) is 4.74 Å². The van der Waals surface area contributed by atoms with Crippen molar-refractivity contribution in [2.24, 2.45) is 0 Å². The third kappa shape index (κ3) is 4.05. The van der Waals surface area contributed by atoms with Crippen LogP contribution in [0.2, 0.25) is 0 Å². The third-order valence-electron chi connectivity index (χ3n) is 5.24. The smallest absolute Gasteiger partial charge is 0.254 e. The number of hydrogen-bond acceptors (Lipinski definition) is 5. The maximum absolute atomic E-state index is 13.2. The summed E-state index contributed by atoms with van der Waals surface area (Å²) in [5, 5.41) is 0. The van der Waals surface area contributed by atoms with Crippen molar-refractivity contribution in [2.75, 3.05) is 18.0 Å². The lowest BCUT2D eigenvalue weighted by atomic mass is 10.1. The number of halogens is 1. The van der Waals surface area contributed by atoms with Gasteiger partial charge in [0.1, 0.15) is 23.6 Å². The normalized spacial score (nSPS) is 19.4. The number of aromatic nitrogens is 3. The Morgan fingerprint density at radius 3 is 2.55 bits per heavy atom. The highest BCUT2D eigenvalue weighted by Gasteiger charge is 2.27. The molecule has 0 bridgehead atoms. The summed E-state index contributed by atoms with van der Waals surface area (Å²) in [4.78, 5) is 26.0. The highest BCUT2D eigenvalue weighted by Crippen LogP contribution is 2.28. The van der Waals surface area contributed by atoms with E-state index in [1.807, 2.05) is 26.0 Å². The summed E-state index contributed by atoms with van der Waals surface area (Å²) in [6.07, 6.45) is 1.58. The van der Waals surface area contributed by atoms with Crippen molar-refractivity contribution < 1.29 is 9.13 Å². The quantitative estimate of drug-likeness (QED) is 0.736. The highest BCUT2D eigenvalue weighted by molar-refractivity contribution is 5.57. The zero-order valence-corrected chi connectivity index (χ0v) is 16.6. The van der Waals surface area contributed by atoms with Gasteiger partial charge in [0.2, 0.25) is 0 Å². The van der Waals surface area contributed by atoms with E-state index in [0.717, 1.165) is 16.9 Å². The summed E-state index contributed by atoms with van der Waals surface area (Å²) in [6.45, 7) is 6.93. The molecule has 2 unspecified atom stereocenters. The maximum atomic E-state index is 13.2. The zero-order chi connectivity index (χ0) is 20.5. The molecule has 1 aromatic carbocycles. The second-order valence-corrected chi connectivity index (χ2v) is 7.42. The molecular weight excluding hydrogens is 371 g/mol. The predicted molar refractivity (Wildman–Crippen MR) is 109 cm³/mol. The summed E-state index contributed by atoms with van der Waals surface area (Å²) in [5.41, 5.74) is 2.88. The number of aryl methyl sites for hydroxylation is 1. The van der Waals surface area contributed by atoms with Crippen molar-refractivity contribution >= 4 is 5.82 Å². The summed E-state index contributed by atoms with van der Waals surface area (Å²) in [7, 11) is 0. The van der Waals surface area contributed by atoms with Gasteiger partial charge in [-0.3, -0.25) is 4.79 Å². The molecule has 1 N–H and O–H groups in total. The minimum Gasteiger partial charge on any atom is -0.367 e. The monoisotopic (exact) mass is 394 g/mol. The number of rotatable bonds is 3. The molecule has 1 aliphatic rings. The Bertz CT molecular complexity index is 1060. The molecule has 3 aromatic rings. The van der Waals surface area contributed by atoms with Crippen LogP contribution >= 0.6 is 0 Å². The molecule has 0 spiro atoms. The number of nitrogens with one attached hydrogen (secondary N) is 1. The van der Waals surface area contributed by atoms with Gasteiger partial charge in [0.05, 0.1) is 6.10 Å². The molecule has 3 heterocycles. The molecule has 150 valence electrons. The number of H-pyrrole nitrogens is 1. The average molecular weight is 394 g/mol. The predicted octanol–water partition coefficient (Wildman–Crippen LogP) is 3.55. The van der Waals surface area contributed by atoms with E-state index < -0.39 is 0 Å². The minimum atomic E-state index is -0.260. The molecule has 6 nitrogen and oxygen atoms in total. The first kappa shape index (κ1) is 19.3. The van der Waals surface area contributed by atoms with Gasteiger partial charge in [-0.05, 0) is 50.6 Å². The first-order valence-corrected chi connectivity index (χ1v) is 9.60. The minimum absolute atomic E-state index is 0.0121. The molecule has 2 aromatic heterocycles. The Morgan fingerprint density at radius 1 is 1.14 bits per heavy atom. The summed E-state index contributed by atoms with van der Waals surface area (Å²) < 4.78 is 19.3. The van der Waals surface area contributed by atoms with Crippen LogP contribution in [0.4, 0.5) is 10.2 Å². The first-order valence-electron chi connectivity index (χ1n) is 9.60. The Morgan fingerprint density at radius 2 is 1.90 bits per heavy atom. The molecule has 4 rings (SSSR count). The molecular formula is C22H23FN4O2. The average Bonchev–Trinajstić information content (AvgIpc) is 2.72. The second-order valence-electron chi connectivity index (χ2n) is 7.42. The van der Waals surface area contributed by atoms with Gasteiger partial charge in [-0.2, -0.15) is 0 Å². The second kappa shape index (κ2) is 7.75. The molecule has 2 atom stereocenters. The van der Waals surface area contributed by atoms with Crippen LogP contribution in [0.1, 0.15) is 29.8 Å². The van der Waals surface area contributed by atoms with E-state index in [2.05, 4.69) is 19.9 Å². The molecule has 29 heavy (non-hydrogen) atoms. The van der Waals surface area contributed by atoms with Gasteiger partial charge in [-0.25, -0.2) is 14.4 Å². The molecule has 1 saturated heterocycles. The lowest BCUT2D eigenvalue weighted by Crippen LogP contribution is -2.43. The van der Waals surface area contributed by atoms with E-state index in [-0.39, 0.29) is 23.6 Å². The maximum Gasteiger partial charge on any atom is 0.254 e. The summed E-state index contributed by atoms with van der Waals surface area (Å²) in [6, 6.07) is 10.2. The molecule has 0 amide bonds. The standard InChI is InChI=1S/C22H23FN4O2/c1-13-11-27(12-19(29-13)16-4-7-18(23)8-5-16)20-9-6-17(10-24-20)21-25-15(3)14(2)22(28)26-21/h4-10,13,19H,11-12H2,1-3H3,(H,25,26,28). The number of benzene rings is 1. The van der Waals surface area contributed by atoms with Crippen LogP contribution in [-0.4, -0.2) is 34.1 Å². The Kier molecular flexibility index (Phi) is 5.15. The van der Waals surface area contributed by atoms with Crippen LogP contribution in [-0.2, 0) is 4.74 Å². The van der Waals surface area contributed by atoms with Crippen LogP contribution < -0.4 is 10.5 Å². The van der Waals surface area contributed by atoms with Crippen molar-refractivity contribution in [1.29, 1.82) is 0 Å². The van der Waals surface area contributed by atoms with Crippen molar-refractivity contribution in [3.63, 3.8) is 0 Å². The van der Waals surface area contributed by atoms with Crippen LogP contribution in [0.25, 0.3) is 11.4 Å². The van der Waals surface area contributed by atoms with Crippen molar-refractivity contribution in [3.8, 4) is 11.4 Å². The van der Waals surface area contributed by atoms with Crippen LogP contribution in [0.5, 0.6) is 0 Å². The van der Waals surface area contributed by atoms with E-state index >= 15 is 0 Å². The summed E-state index contributed by atoms with van der Waals surface area (Å²) >= 11 is 0. The van der Waals surface area contributed by atoms with Gasteiger partial charge < -0.3 is 14.6 Å². The van der Waals surface area contributed by atoms with Gasteiger partial charge in [0.25, 0.3) is 5.56 Å². The van der Waals surface area contributed by atoms with Crippen LogP contribution in [0, 0.1) is 19.7 Å². The van der Waals surface area contributed by atoms with Crippen molar-refractivity contribution in [2.45, 2.75) is 33.0 Å². The van der Waals surface area contributed by atoms with E-state index in [1.54, 1.807) is 25.3 Å². The number of anilines is 1. The number of pyridine rings is 1. The molecule has 1 aliphatic heterocycles. The van der Waals surface area contributed by atoms with Crippen molar-refractivity contribution in [3.05, 3.63) is 75.6 Å². The largest absolute Gasteiger partial charge is 0.367 e. The number of hydrogen-bond donors (Lipinski definition) is 1. The van der Waals surface area contributed by atoms with E-state index in [1.165, 1.54) is 12.1 Å². The Hall–Kier alpha value is -3.06. The van der Waals surface area contributed by atoms with Gasteiger partial charge in [0, 0.05) is 36.1 Å². The first-order chi connectivity index (χ1) is 13.9. The van der Waals surface area contributed by atoms with Crippen LogP contribution in [0.15, 0.2) is 47.4 Å². The fourth-order valence-corrected chi connectivity index (χ4v) is 3.50. The Balaban J connectivity index is 1.56. The van der Waals surface area contributed by atoms with Gasteiger partial charge in [0.15, 0.2) is 0 Å². The van der Waals surface area contributed by atoms with Crippen LogP contribution in [0.3, 0.4) is 0 Å². The summed E-state index contributed by atoms with van der Waals surface area (Å²) in [5.74, 6) is 1.07. The highest BCUT2D eigenvalue weighted by atomic mass is 19.1. The number of ether oxygens (including phenoxy) is 1. The fourth-order valence-electron chi connectivity index (χ4n) is 3.50. The topological polar surface area (TPSA) is 71.1 Å². The lowest BCUT2D eigenvalue weighted by molar-refractivity contribution is -0.0176. The van der Waals surface area contributed by atoms with Gasteiger partial charge in [-0.1, -0.05) is 12.1 Å². The van der Waals surface area contributed by atoms with E-state index in [9.17, 15) is 9.18 Å². The van der Waals surface area contributed by atoms with E-state index in [0.29, 0.717) is 30.2 Å². The van der Waals surface area contributed by atoms with Gasteiger partial charge >= 0.3 is 0 Å². The lowest BCUT2D eigenvalue weighted by Gasteiger charge is -2.37. The molecule has 0 aliphatic carbocycles. The zero-order valence-electron chi connectivity index (χ0n) is 16.6. The number of nitrogens with zero attached hydrogens (tertiary/aromatic N) is 3. The molecule has 0 radical (unpaired) electrons. The fraction of sp³-hybridized carbons (Fsp3) is 0.318. The molecule has 7 heteroatoms. The van der Waals surface area contributed by atoms with Gasteiger partial charge in [-0.15, -0.1) is 0 Å². The third-order valence-corrected chi connectivity index (χ3v) is 5.24. The molecule has 0 saturated carbocycles.